The van der Waals surface area contributed by atoms with Gasteiger partial charge < -0.3 is 24.5 Å². The van der Waals surface area contributed by atoms with Crippen molar-refractivity contribution in [3.8, 4) is 5.75 Å². The van der Waals surface area contributed by atoms with E-state index in [1.54, 1.807) is 36.6 Å². The van der Waals surface area contributed by atoms with E-state index >= 15 is 0 Å². The molecule has 1 unspecified atom stereocenters. The number of anilines is 1. The molecule has 2 aromatic rings. The predicted molar refractivity (Wildman–Crippen MR) is 92.2 cm³/mol. The lowest BCUT2D eigenvalue weighted by molar-refractivity contribution is -0.116. The molecule has 0 saturated carbocycles. The molecule has 0 aliphatic carbocycles. The molecule has 0 saturated heterocycles. The Morgan fingerprint density at radius 2 is 2.04 bits per heavy atom. The highest BCUT2D eigenvalue weighted by molar-refractivity contribution is 5.90. The summed E-state index contributed by atoms with van der Waals surface area (Å²) in [5.41, 5.74) is 0.709. The molecule has 0 aliphatic heterocycles. The summed E-state index contributed by atoms with van der Waals surface area (Å²) in [7, 11) is 3.79. The van der Waals surface area contributed by atoms with E-state index in [1.165, 1.54) is 0 Å². The first-order valence-corrected chi connectivity index (χ1v) is 7.91. The number of benzene rings is 1. The number of nitrogens with one attached hydrogen (secondary N) is 1. The van der Waals surface area contributed by atoms with Crippen molar-refractivity contribution in [1.29, 1.82) is 0 Å². The molecule has 1 aromatic heterocycles. The van der Waals surface area contributed by atoms with E-state index in [0.717, 1.165) is 5.76 Å². The van der Waals surface area contributed by atoms with Gasteiger partial charge in [0, 0.05) is 25.1 Å². The number of aliphatic hydroxyl groups is 1. The third kappa shape index (κ3) is 6.44. The van der Waals surface area contributed by atoms with Crippen LogP contribution in [0.4, 0.5) is 5.69 Å². The Labute approximate surface area is 142 Å². The third-order valence-electron chi connectivity index (χ3n) is 3.33. The fourth-order valence-electron chi connectivity index (χ4n) is 2.22. The van der Waals surface area contributed by atoms with Gasteiger partial charge in [-0.3, -0.25) is 4.79 Å². The topological polar surface area (TPSA) is 74.9 Å². The van der Waals surface area contributed by atoms with Crippen molar-refractivity contribution in [1.82, 2.24) is 4.90 Å². The van der Waals surface area contributed by atoms with Crippen molar-refractivity contribution in [2.75, 3.05) is 32.6 Å². The van der Waals surface area contributed by atoms with Crippen molar-refractivity contribution in [2.24, 2.45) is 0 Å². The fourth-order valence-corrected chi connectivity index (χ4v) is 2.22. The van der Waals surface area contributed by atoms with Crippen molar-refractivity contribution >= 4 is 11.6 Å². The minimum Gasteiger partial charge on any atom is -0.491 e. The summed E-state index contributed by atoms with van der Waals surface area (Å²) >= 11 is 0. The highest BCUT2D eigenvalue weighted by Gasteiger charge is 2.07. The SMILES string of the molecule is CN(C)CC(O)COc1ccc(NC(=O)CCc2ccco2)cc1. The minimum absolute atomic E-state index is 0.0681. The van der Waals surface area contributed by atoms with Gasteiger partial charge in [-0.2, -0.15) is 0 Å². The smallest absolute Gasteiger partial charge is 0.224 e. The van der Waals surface area contributed by atoms with Crippen LogP contribution in [0.5, 0.6) is 5.75 Å². The normalized spacial score (nSPS) is 12.2. The van der Waals surface area contributed by atoms with Gasteiger partial charge in [0.25, 0.3) is 0 Å². The number of hydrogen-bond acceptors (Lipinski definition) is 5. The van der Waals surface area contributed by atoms with Gasteiger partial charge in [-0.25, -0.2) is 0 Å². The van der Waals surface area contributed by atoms with Crippen LogP contribution >= 0.6 is 0 Å². The summed E-state index contributed by atoms with van der Waals surface area (Å²) < 4.78 is 10.7. The Morgan fingerprint density at radius 1 is 1.29 bits per heavy atom. The number of carbonyl (C=O) groups is 1. The van der Waals surface area contributed by atoms with Gasteiger partial charge in [-0.05, 0) is 50.5 Å². The molecule has 1 aromatic carbocycles. The lowest BCUT2D eigenvalue weighted by Crippen LogP contribution is -2.30. The maximum atomic E-state index is 11.9. The number of rotatable bonds is 9. The van der Waals surface area contributed by atoms with Gasteiger partial charge in [-0.1, -0.05) is 0 Å². The number of nitrogens with zero attached hydrogens (tertiary/aromatic N) is 1. The predicted octanol–water partition coefficient (Wildman–Crippen LogP) is 2.15. The van der Waals surface area contributed by atoms with E-state index < -0.39 is 6.10 Å². The zero-order valence-corrected chi connectivity index (χ0v) is 14.1. The van der Waals surface area contributed by atoms with E-state index in [2.05, 4.69) is 5.32 Å². The molecule has 0 spiro atoms. The van der Waals surface area contributed by atoms with Crippen molar-refractivity contribution < 1.29 is 19.1 Å². The number of likely N-dealkylation sites (N-methyl/N-ethyl adjacent to an activating group) is 1. The minimum atomic E-state index is -0.541. The van der Waals surface area contributed by atoms with Crippen LogP contribution in [-0.4, -0.2) is 49.3 Å². The molecule has 0 fully saturated rings. The Kier molecular flexibility index (Phi) is 6.84. The second-order valence-electron chi connectivity index (χ2n) is 5.88. The van der Waals surface area contributed by atoms with E-state index in [9.17, 15) is 9.90 Å². The van der Waals surface area contributed by atoms with Gasteiger partial charge in [0.05, 0.1) is 6.26 Å². The molecular weight excluding hydrogens is 308 g/mol. The van der Waals surface area contributed by atoms with Gasteiger partial charge in [0.15, 0.2) is 0 Å². The molecule has 1 amide bonds. The Balaban J connectivity index is 1.73. The Bertz CT molecular complexity index is 608. The van der Waals surface area contributed by atoms with Crippen LogP contribution in [-0.2, 0) is 11.2 Å². The summed E-state index contributed by atoms with van der Waals surface area (Å²) in [6, 6.07) is 10.7. The first kappa shape index (κ1) is 18.0. The molecule has 6 heteroatoms. The van der Waals surface area contributed by atoms with E-state index in [4.69, 9.17) is 9.15 Å². The van der Waals surface area contributed by atoms with E-state index in [1.807, 2.05) is 25.1 Å². The number of aliphatic hydroxyl groups excluding tert-OH is 1. The lowest BCUT2D eigenvalue weighted by atomic mass is 10.2. The first-order valence-electron chi connectivity index (χ1n) is 7.91. The molecule has 2 N–H and O–H groups in total. The van der Waals surface area contributed by atoms with Crippen LogP contribution < -0.4 is 10.1 Å². The summed E-state index contributed by atoms with van der Waals surface area (Å²) in [4.78, 5) is 13.8. The molecule has 24 heavy (non-hydrogen) atoms. The van der Waals surface area contributed by atoms with Gasteiger partial charge >= 0.3 is 0 Å². The second kappa shape index (κ2) is 9.10. The monoisotopic (exact) mass is 332 g/mol. The van der Waals surface area contributed by atoms with Crippen LogP contribution in [0.2, 0.25) is 0 Å². The number of aryl methyl sites for hydroxylation is 1. The fraction of sp³-hybridized carbons (Fsp3) is 0.389. The molecule has 6 nitrogen and oxygen atoms in total. The van der Waals surface area contributed by atoms with Crippen molar-refractivity contribution in [3.63, 3.8) is 0 Å². The maximum Gasteiger partial charge on any atom is 0.224 e. The van der Waals surface area contributed by atoms with Gasteiger partial charge in [0.2, 0.25) is 5.91 Å². The molecule has 130 valence electrons. The highest BCUT2D eigenvalue weighted by Crippen LogP contribution is 2.16. The van der Waals surface area contributed by atoms with Crippen molar-refractivity contribution in [3.05, 3.63) is 48.4 Å². The zero-order valence-electron chi connectivity index (χ0n) is 14.1. The Hall–Kier alpha value is -2.31. The number of carbonyl (C=O) groups excluding carboxylic acids is 1. The summed E-state index contributed by atoms with van der Waals surface area (Å²) in [5.74, 6) is 1.38. The summed E-state index contributed by atoms with van der Waals surface area (Å²) in [6.07, 6.45) is 1.99. The van der Waals surface area contributed by atoms with Crippen LogP contribution in [0.3, 0.4) is 0 Å². The van der Waals surface area contributed by atoms with Crippen LogP contribution in [0.1, 0.15) is 12.2 Å². The largest absolute Gasteiger partial charge is 0.491 e. The van der Waals surface area contributed by atoms with Crippen LogP contribution in [0.15, 0.2) is 47.1 Å². The average Bonchev–Trinajstić information content (AvgIpc) is 3.05. The molecule has 0 bridgehead atoms. The second-order valence-corrected chi connectivity index (χ2v) is 5.88. The van der Waals surface area contributed by atoms with Crippen LogP contribution in [0, 0.1) is 0 Å². The van der Waals surface area contributed by atoms with Gasteiger partial charge in [-0.15, -0.1) is 0 Å². The molecule has 0 aliphatic rings. The standard InChI is InChI=1S/C18H24N2O4/c1-20(2)12-15(21)13-24-17-7-5-14(6-8-17)19-18(22)10-9-16-4-3-11-23-16/h3-8,11,15,21H,9-10,12-13H2,1-2H3,(H,19,22). The first-order chi connectivity index (χ1) is 11.5. The van der Waals surface area contributed by atoms with E-state index in [-0.39, 0.29) is 12.5 Å². The zero-order chi connectivity index (χ0) is 17.4. The van der Waals surface area contributed by atoms with Gasteiger partial charge in [0.1, 0.15) is 24.2 Å². The summed E-state index contributed by atoms with van der Waals surface area (Å²) in [6.45, 7) is 0.775. The number of hydrogen-bond donors (Lipinski definition) is 2. The quantitative estimate of drug-likeness (QED) is 0.736. The molecule has 1 atom stereocenters. The third-order valence-corrected chi connectivity index (χ3v) is 3.33. The number of furan rings is 1. The number of ether oxygens (including phenoxy) is 1. The molecular formula is C18H24N2O4. The molecule has 2 rings (SSSR count). The highest BCUT2D eigenvalue weighted by atomic mass is 16.5. The van der Waals surface area contributed by atoms with E-state index in [0.29, 0.717) is 30.8 Å². The van der Waals surface area contributed by atoms with Crippen LogP contribution in [0.25, 0.3) is 0 Å². The summed E-state index contributed by atoms with van der Waals surface area (Å²) in [5, 5.41) is 12.6. The number of amides is 1. The van der Waals surface area contributed by atoms with Crippen molar-refractivity contribution in [2.45, 2.75) is 18.9 Å². The lowest BCUT2D eigenvalue weighted by Gasteiger charge is -2.16. The Morgan fingerprint density at radius 3 is 2.67 bits per heavy atom. The molecule has 0 radical (unpaired) electrons. The average molecular weight is 332 g/mol. The maximum absolute atomic E-state index is 11.9. The molecule has 1 heterocycles.